The number of nitrogens with two attached hydrogens (primary N) is 1. The number of rotatable bonds is 5. The number of halogens is 6. The minimum absolute atomic E-state index is 0.0576. The van der Waals surface area contributed by atoms with Crippen LogP contribution in [-0.2, 0) is 29.2 Å². The van der Waals surface area contributed by atoms with Gasteiger partial charge in [-0.2, -0.15) is 17.5 Å². The lowest BCUT2D eigenvalue weighted by atomic mass is 9.99. The van der Waals surface area contributed by atoms with E-state index >= 15 is 0 Å². The Kier molecular flexibility index (Phi) is 9.25. The number of aromatic carboxylic acids is 1. The van der Waals surface area contributed by atoms with E-state index in [1.165, 1.54) is 30.3 Å². The zero-order chi connectivity index (χ0) is 32.3. The van der Waals surface area contributed by atoms with Gasteiger partial charge in [-0.3, -0.25) is 0 Å². The summed E-state index contributed by atoms with van der Waals surface area (Å²) < 4.78 is 106. The maximum absolute atomic E-state index is 12.8. The molecule has 0 atom stereocenters. The van der Waals surface area contributed by atoms with E-state index < -0.39 is 44.7 Å². The summed E-state index contributed by atoms with van der Waals surface area (Å²) in [7, 11) is -4.14. The largest absolute Gasteiger partial charge is 0.573 e. The molecule has 5 rings (SSSR count). The van der Waals surface area contributed by atoms with Crippen LogP contribution in [0, 0.1) is 0 Å². The van der Waals surface area contributed by atoms with Crippen LogP contribution in [0.25, 0.3) is 11.1 Å². The molecule has 0 fully saturated rings. The van der Waals surface area contributed by atoms with Crippen molar-refractivity contribution < 1.29 is 49.4 Å². The molecule has 1 aliphatic rings. The first kappa shape index (κ1) is 32.4. The number of fused-ring (bicyclic) bond motifs is 1. The molecule has 14 heteroatoms. The molecule has 3 N–H and O–H groups in total. The molecule has 1 aliphatic heterocycles. The Bertz CT molecular complexity index is 1760. The van der Waals surface area contributed by atoms with Crippen molar-refractivity contribution in [1.29, 1.82) is 0 Å². The quantitative estimate of drug-likeness (QED) is 0.180. The second-order valence-electron chi connectivity index (χ2n) is 9.54. The van der Waals surface area contributed by atoms with Crippen molar-refractivity contribution in [3.05, 3.63) is 113 Å². The molecule has 0 spiro atoms. The number of carboxylic acid groups (broad SMARTS) is 1. The summed E-state index contributed by atoms with van der Waals surface area (Å²) in [5.41, 5.74) is 8.14. The van der Waals surface area contributed by atoms with Crippen molar-refractivity contribution >= 4 is 21.7 Å². The average Bonchev–Trinajstić information content (AvgIpc) is 2.96. The van der Waals surface area contributed by atoms with Crippen molar-refractivity contribution in [1.82, 2.24) is 4.31 Å². The highest BCUT2D eigenvalue weighted by Crippen LogP contribution is 2.34. The Morgan fingerprint density at radius 1 is 0.841 bits per heavy atom. The summed E-state index contributed by atoms with van der Waals surface area (Å²) in [6.07, 6.45) is -8.94. The van der Waals surface area contributed by atoms with Crippen molar-refractivity contribution in [2.24, 2.45) is 0 Å². The van der Waals surface area contributed by atoms with Crippen molar-refractivity contribution in [2.45, 2.75) is 30.4 Å². The number of hydrogen-bond acceptors (Lipinski definition) is 5. The minimum atomic E-state index is -4.97. The Balaban J connectivity index is 0.000000209. The number of nitrogens with zero attached hydrogens (tertiary/aromatic N) is 1. The molecule has 0 unspecified atom stereocenters. The molecule has 0 amide bonds. The highest BCUT2D eigenvalue weighted by atomic mass is 32.2. The number of alkyl halides is 6. The molecule has 0 aromatic heterocycles. The van der Waals surface area contributed by atoms with Gasteiger partial charge in [0.2, 0.25) is 10.0 Å². The topological polar surface area (TPSA) is 110 Å². The maximum Gasteiger partial charge on any atom is 0.573 e. The Labute approximate surface area is 248 Å². The van der Waals surface area contributed by atoms with E-state index in [0.717, 1.165) is 39.7 Å². The predicted molar refractivity (Wildman–Crippen MR) is 149 cm³/mol. The van der Waals surface area contributed by atoms with E-state index in [2.05, 4.69) is 4.74 Å². The molecule has 1 heterocycles. The molecule has 7 nitrogen and oxygen atoms in total. The van der Waals surface area contributed by atoms with Crippen LogP contribution in [0.4, 0.5) is 32.0 Å². The van der Waals surface area contributed by atoms with Gasteiger partial charge < -0.3 is 15.6 Å². The van der Waals surface area contributed by atoms with E-state index in [9.17, 15) is 39.6 Å². The minimum Gasteiger partial charge on any atom is -0.478 e. The molecule has 4 aromatic rings. The fourth-order valence-electron chi connectivity index (χ4n) is 4.52. The summed E-state index contributed by atoms with van der Waals surface area (Å²) >= 11 is 0. The number of hydrogen-bond donors (Lipinski definition) is 2. The predicted octanol–water partition coefficient (Wildman–Crippen LogP) is 6.99. The number of benzene rings is 4. The number of anilines is 1. The van der Waals surface area contributed by atoms with Crippen molar-refractivity contribution in [3.8, 4) is 16.9 Å². The second kappa shape index (κ2) is 12.6. The molecule has 232 valence electrons. The Morgan fingerprint density at radius 3 is 2.11 bits per heavy atom. The fourth-order valence-corrected chi connectivity index (χ4v) is 6.06. The van der Waals surface area contributed by atoms with Gasteiger partial charge in [-0.1, -0.05) is 48.5 Å². The van der Waals surface area contributed by atoms with Gasteiger partial charge in [0.15, 0.2) is 0 Å². The molecule has 4 aromatic carbocycles. The first-order valence-corrected chi connectivity index (χ1v) is 14.2. The normalized spacial score (nSPS) is 13.8. The molecule has 0 bridgehead atoms. The van der Waals surface area contributed by atoms with Crippen LogP contribution in [0.15, 0.2) is 95.9 Å². The lowest BCUT2D eigenvalue weighted by Crippen LogP contribution is -2.36. The van der Waals surface area contributed by atoms with E-state index in [1.807, 2.05) is 0 Å². The SMILES string of the molecule is Nc1ccc2c(c1)CCN(S(=O)(=O)c1ccccc1OC(F)(F)F)C2.O=C(O)c1ccccc1-c1ccc(C(F)(F)F)cc1. The molecule has 0 aliphatic carbocycles. The number of para-hydroxylation sites is 1. The molecule has 44 heavy (non-hydrogen) atoms. The number of nitrogen functional groups attached to an aromatic ring is 1. The smallest absolute Gasteiger partial charge is 0.478 e. The van der Waals surface area contributed by atoms with Crippen LogP contribution in [0.5, 0.6) is 5.75 Å². The third kappa shape index (κ3) is 7.68. The van der Waals surface area contributed by atoms with E-state index in [0.29, 0.717) is 23.2 Å². The van der Waals surface area contributed by atoms with Gasteiger partial charge in [-0.25, -0.2) is 13.2 Å². The average molecular weight is 639 g/mol. The second-order valence-corrected chi connectivity index (χ2v) is 11.4. The standard InChI is InChI=1S/C16H15F3N2O3S.C14H9F3O2/c17-16(18,19)24-14-3-1-2-4-15(14)25(22,23)21-8-7-11-9-13(20)6-5-12(11)10-21;15-14(16,17)10-7-5-9(6-8-10)11-3-1-2-4-12(11)13(18)19/h1-6,9H,7-8,10,20H2;1-8H,(H,18,19). The van der Waals surface area contributed by atoms with Crippen LogP contribution >= 0.6 is 0 Å². The van der Waals surface area contributed by atoms with Crippen LogP contribution in [-0.4, -0.2) is 36.7 Å². The van der Waals surface area contributed by atoms with Crippen molar-refractivity contribution in [3.63, 3.8) is 0 Å². The molecular weight excluding hydrogens is 614 g/mol. The molecular formula is C30H24F6N2O5S. The highest BCUT2D eigenvalue weighted by molar-refractivity contribution is 7.89. The first-order valence-electron chi connectivity index (χ1n) is 12.8. The van der Waals surface area contributed by atoms with Gasteiger partial charge in [0, 0.05) is 18.8 Å². The van der Waals surface area contributed by atoms with Gasteiger partial charge in [0.05, 0.1) is 11.1 Å². The Hall–Kier alpha value is -4.56. The number of ether oxygens (including phenoxy) is 1. The van der Waals surface area contributed by atoms with E-state index in [1.54, 1.807) is 36.4 Å². The third-order valence-corrected chi connectivity index (χ3v) is 8.47. The van der Waals surface area contributed by atoms with Gasteiger partial charge in [0.1, 0.15) is 10.6 Å². The zero-order valence-corrected chi connectivity index (χ0v) is 23.4. The zero-order valence-electron chi connectivity index (χ0n) is 22.6. The van der Waals surface area contributed by atoms with E-state index in [-0.39, 0.29) is 18.7 Å². The molecule has 0 radical (unpaired) electrons. The maximum atomic E-state index is 12.8. The van der Waals surface area contributed by atoms with Gasteiger partial charge in [0.25, 0.3) is 0 Å². The molecule has 0 saturated carbocycles. The summed E-state index contributed by atoms with van der Waals surface area (Å²) in [4.78, 5) is 10.5. The van der Waals surface area contributed by atoms with Crippen molar-refractivity contribution in [2.75, 3.05) is 12.3 Å². The van der Waals surface area contributed by atoms with Crippen LogP contribution in [0.3, 0.4) is 0 Å². The van der Waals surface area contributed by atoms with Crippen LogP contribution in [0.1, 0.15) is 27.0 Å². The monoisotopic (exact) mass is 638 g/mol. The number of carbonyl (C=O) groups is 1. The third-order valence-electron chi connectivity index (χ3n) is 6.58. The van der Waals surface area contributed by atoms with Crippen LogP contribution < -0.4 is 10.5 Å². The summed E-state index contributed by atoms with van der Waals surface area (Å²) in [5, 5.41) is 9.03. The fraction of sp³-hybridized carbons (Fsp3) is 0.167. The summed E-state index contributed by atoms with van der Waals surface area (Å²) in [5.74, 6) is -1.85. The first-order chi connectivity index (χ1) is 20.6. The van der Waals surface area contributed by atoms with Gasteiger partial charge in [-0.05, 0) is 71.1 Å². The summed E-state index contributed by atoms with van der Waals surface area (Å²) in [6, 6.07) is 20.5. The van der Waals surface area contributed by atoms with Gasteiger partial charge in [-0.15, -0.1) is 13.2 Å². The number of carboxylic acids is 1. The molecule has 0 saturated heterocycles. The van der Waals surface area contributed by atoms with E-state index in [4.69, 9.17) is 10.8 Å². The number of sulfonamides is 1. The van der Waals surface area contributed by atoms with Gasteiger partial charge >= 0.3 is 18.5 Å². The summed E-state index contributed by atoms with van der Waals surface area (Å²) in [6.45, 7) is 0.220. The Morgan fingerprint density at radius 2 is 1.48 bits per heavy atom. The highest BCUT2D eigenvalue weighted by Gasteiger charge is 2.36. The lowest BCUT2D eigenvalue weighted by molar-refractivity contribution is -0.275. The lowest BCUT2D eigenvalue weighted by Gasteiger charge is -2.29. The van der Waals surface area contributed by atoms with Crippen LogP contribution in [0.2, 0.25) is 0 Å².